The Morgan fingerprint density at radius 2 is 2.21 bits per heavy atom. The van der Waals surface area contributed by atoms with Crippen molar-refractivity contribution in [2.45, 2.75) is 25.9 Å². The summed E-state index contributed by atoms with van der Waals surface area (Å²) in [6.45, 7) is 2.68. The quantitative estimate of drug-likeness (QED) is 0.709. The highest BCUT2D eigenvalue weighted by molar-refractivity contribution is 5.31. The van der Waals surface area contributed by atoms with E-state index in [9.17, 15) is 5.11 Å². The minimum absolute atomic E-state index is 0.277. The van der Waals surface area contributed by atoms with Crippen LogP contribution in [0.25, 0.3) is 0 Å². The van der Waals surface area contributed by atoms with Crippen LogP contribution in [0.15, 0.2) is 24.3 Å². The third-order valence-electron chi connectivity index (χ3n) is 2.06. The minimum atomic E-state index is 0.277. The second kappa shape index (κ2) is 5.31. The fraction of sp³-hybridized carbons (Fsp3) is 0.333. The van der Waals surface area contributed by atoms with Gasteiger partial charge in [0.2, 0.25) is 0 Å². The molecule has 1 unspecified atom stereocenters. The number of hydrogen-bond acceptors (Lipinski definition) is 2. The van der Waals surface area contributed by atoms with Crippen LogP contribution in [0.2, 0.25) is 0 Å². The molecule has 0 radical (unpaired) electrons. The Morgan fingerprint density at radius 3 is 2.86 bits per heavy atom. The highest BCUT2D eigenvalue weighted by Gasteiger charge is 2.02. The maximum Gasteiger partial charge on any atom is 0.120 e. The lowest BCUT2D eigenvalue weighted by Crippen LogP contribution is -2.24. The van der Waals surface area contributed by atoms with Crippen LogP contribution in [0.3, 0.4) is 0 Å². The van der Waals surface area contributed by atoms with Crippen molar-refractivity contribution >= 4 is 0 Å². The van der Waals surface area contributed by atoms with Gasteiger partial charge in [-0.2, -0.15) is 0 Å². The second-order valence-corrected chi connectivity index (χ2v) is 3.32. The standard InChI is InChI=1S/C12H15NO/c1-3-6-10(2)13-9-11-7-4-5-8-12(11)14/h1,4-5,7-8,10,13-14H,6,9H2,2H3. The molecule has 0 saturated heterocycles. The molecular weight excluding hydrogens is 174 g/mol. The number of phenols is 1. The van der Waals surface area contributed by atoms with Crippen molar-refractivity contribution in [3.63, 3.8) is 0 Å². The highest BCUT2D eigenvalue weighted by Crippen LogP contribution is 2.15. The number of rotatable bonds is 4. The zero-order valence-electron chi connectivity index (χ0n) is 8.33. The van der Waals surface area contributed by atoms with Gasteiger partial charge in [-0.1, -0.05) is 18.2 Å². The van der Waals surface area contributed by atoms with Gasteiger partial charge in [0.15, 0.2) is 0 Å². The summed E-state index contributed by atoms with van der Waals surface area (Å²) in [5.41, 5.74) is 0.899. The number of phenolic OH excluding ortho intramolecular Hbond substituents is 1. The van der Waals surface area contributed by atoms with Crippen molar-refractivity contribution < 1.29 is 5.11 Å². The van der Waals surface area contributed by atoms with Crippen LogP contribution >= 0.6 is 0 Å². The van der Waals surface area contributed by atoms with Crippen molar-refractivity contribution in [1.82, 2.24) is 5.32 Å². The summed E-state index contributed by atoms with van der Waals surface area (Å²) >= 11 is 0. The topological polar surface area (TPSA) is 32.3 Å². The zero-order chi connectivity index (χ0) is 10.4. The first kappa shape index (κ1) is 10.6. The van der Waals surface area contributed by atoms with Crippen molar-refractivity contribution in [3.8, 4) is 18.1 Å². The average molecular weight is 189 g/mol. The summed E-state index contributed by atoms with van der Waals surface area (Å²) in [5, 5.41) is 12.7. The van der Waals surface area contributed by atoms with E-state index in [1.165, 1.54) is 0 Å². The van der Waals surface area contributed by atoms with Gasteiger partial charge in [-0.3, -0.25) is 0 Å². The van der Waals surface area contributed by atoms with Gasteiger partial charge in [-0.25, -0.2) is 0 Å². The molecular formula is C12H15NO. The van der Waals surface area contributed by atoms with Crippen LogP contribution in [0.1, 0.15) is 18.9 Å². The second-order valence-electron chi connectivity index (χ2n) is 3.32. The third-order valence-corrected chi connectivity index (χ3v) is 2.06. The van der Waals surface area contributed by atoms with Crippen LogP contribution < -0.4 is 5.32 Å². The first-order chi connectivity index (χ1) is 6.74. The van der Waals surface area contributed by atoms with Crippen molar-refractivity contribution in [2.75, 3.05) is 0 Å². The number of terminal acetylenes is 1. The monoisotopic (exact) mass is 189 g/mol. The first-order valence-electron chi connectivity index (χ1n) is 4.67. The summed E-state index contributed by atoms with van der Waals surface area (Å²) < 4.78 is 0. The van der Waals surface area contributed by atoms with E-state index >= 15 is 0 Å². The van der Waals surface area contributed by atoms with Gasteiger partial charge in [-0.05, 0) is 13.0 Å². The molecule has 0 amide bonds. The molecule has 1 aromatic carbocycles. The summed E-state index contributed by atoms with van der Waals surface area (Å²) in [4.78, 5) is 0. The summed E-state index contributed by atoms with van der Waals surface area (Å²) in [5.74, 6) is 2.92. The predicted octanol–water partition coefficient (Wildman–Crippen LogP) is 1.89. The van der Waals surface area contributed by atoms with Crippen LogP contribution in [0.4, 0.5) is 0 Å². The van der Waals surface area contributed by atoms with E-state index in [4.69, 9.17) is 6.42 Å². The van der Waals surface area contributed by atoms with Gasteiger partial charge in [0, 0.05) is 24.6 Å². The van der Waals surface area contributed by atoms with Crippen LogP contribution in [0, 0.1) is 12.3 Å². The predicted molar refractivity (Wildman–Crippen MR) is 57.9 cm³/mol. The fourth-order valence-corrected chi connectivity index (χ4v) is 1.19. The van der Waals surface area contributed by atoms with E-state index in [0.29, 0.717) is 18.7 Å². The van der Waals surface area contributed by atoms with Gasteiger partial charge in [0.25, 0.3) is 0 Å². The normalized spacial score (nSPS) is 12.0. The van der Waals surface area contributed by atoms with E-state index in [-0.39, 0.29) is 6.04 Å². The summed E-state index contributed by atoms with van der Waals surface area (Å²) in [6, 6.07) is 7.57. The molecule has 0 saturated carbocycles. The maximum absolute atomic E-state index is 9.47. The van der Waals surface area contributed by atoms with E-state index in [0.717, 1.165) is 5.56 Å². The average Bonchev–Trinajstić information content (AvgIpc) is 2.17. The van der Waals surface area contributed by atoms with E-state index in [1.54, 1.807) is 6.07 Å². The Bertz CT molecular complexity index is 327. The lowest BCUT2D eigenvalue weighted by Gasteiger charge is -2.11. The van der Waals surface area contributed by atoms with Crippen LogP contribution in [-0.4, -0.2) is 11.1 Å². The number of aromatic hydroxyl groups is 1. The number of hydrogen-bond donors (Lipinski definition) is 2. The molecule has 0 aromatic heterocycles. The van der Waals surface area contributed by atoms with Gasteiger partial charge in [-0.15, -0.1) is 12.3 Å². The molecule has 1 rings (SSSR count). The SMILES string of the molecule is C#CCC(C)NCc1ccccc1O. The molecule has 2 nitrogen and oxygen atoms in total. The Kier molecular flexibility index (Phi) is 4.03. The summed E-state index contributed by atoms with van der Waals surface area (Å²) in [7, 11) is 0. The lowest BCUT2D eigenvalue weighted by atomic mass is 10.2. The van der Waals surface area contributed by atoms with Crippen molar-refractivity contribution in [3.05, 3.63) is 29.8 Å². The Hall–Kier alpha value is -1.46. The van der Waals surface area contributed by atoms with Crippen molar-refractivity contribution in [2.24, 2.45) is 0 Å². The molecule has 2 heteroatoms. The molecule has 0 fully saturated rings. The molecule has 1 atom stereocenters. The molecule has 0 heterocycles. The van der Waals surface area contributed by atoms with Crippen LogP contribution in [0.5, 0.6) is 5.75 Å². The lowest BCUT2D eigenvalue weighted by molar-refractivity contribution is 0.459. The van der Waals surface area contributed by atoms with E-state index in [1.807, 2.05) is 25.1 Å². The minimum Gasteiger partial charge on any atom is -0.508 e. The molecule has 14 heavy (non-hydrogen) atoms. The number of nitrogens with one attached hydrogen (secondary N) is 1. The highest BCUT2D eigenvalue weighted by atomic mass is 16.3. The molecule has 74 valence electrons. The van der Waals surface area contributed by atoms with Crippen molar-refractivity contribution in [1.29, 1.82) is 0 Å². The molecule has 0 aliphatic rings. The van der Waals surface area contributed by atoms with E-state index in [2.05, 4.69) is 11.2 Å². The van der Waals surface area contributed by atoms with Crippen LogP contribution in [-0.2, 0) is 6.54 Å². The number of benzene rings is 1. The Labute approximate surface area is 85.0 Å². The molecule has 0 aliphatic heterocycles. The fourth-order valence-electron chi connectivity index (χ4n) is 1.19. The number of para-hydroxylation sites is 1. The zero-order valence-corrected chi connectivity index (χ0v) is 8.33. The Balaban J connectivity index is 2.46. The largest absolute Gasteiger partial charge is 0.508 e. The van der Waals surface area contributed by atoms with Gasteiger partial charge in [0.1, 0.15) is 5.75 Å². The smallest absolute Gasteiger partial charge is 0.120 e. The van der Waals surface area contributed by atoms with E-state index < -0.39 is 0 Å². The van der Waals surface area contributed by atoms with Gasteiger partial charge >= 0.3 is 0 Å². The molecule has 2 N–H and O–H groups in total. The Morgan fingerprint density at radius 1 is 1.50 bits per heavy atom. The molecule has 0 aliphatic carbocycles. The molecule has 0 bridgehead atoms. The first-order valence-corrected chi connectivity index (χ1v) is 4.67. The molecule has 1 aromatic rings. The van der Waals surface area contributed by atoms with Gasteiger partial charge in [0.05, 0.1) is 0 Å². The third kappa shape index (κ3) is 3.12. The summed E-state index contributed by atoms with van der Waals surface area (Å²) in [6.07, 6.45) is 5.89. The molecule has 0 spiro atoms. The van der Waals surface area contributed by atoms with Gasteiger partial charge < -0.3 is 10.4 Å². The maximum atomic E-state index is 9.47.